The van der Waals surface area contributed by atoms with Gasteiger partial charge in [0.15, 0.2) is 0 Å². The summed E-state index contributed by atoms with van der Waals surface area (Å²) in [6.07, 6.45) is 6.56. The summed E-state index contributed by atoms with van der Waals surface area (Å²) in [5.74, 6) is 0.724. The number of thiophene rings is 1. The Morgan fingerprint density at radius 1 is 1.20 bits per heavy atom. The number of nitrogens with two attached hydrogens (primary N) is 1. The Bertz CT molecular complexity index is 578. The van der Waals surface area contributed by atoms with Crippen LogP contribution in [0.1, 0.15) is 57.6 Å². The maximum Gasteiger partial charge on any atom is 0.0390 e. The van der Waals surface area contributed by atoms with Crippen molar-refractivity contribution < 1.29 is 0 Å². The molecule has 1 heterocycles. The van der Waals surface area contributed by atoms with Crippen molar-refractivity contribution in [1.82, 2.24) is 0 Å². The van der Waals surface area contributed by atoms with Gasteiger partial charge in [-0.15, -0.1) is 11.3 Å². The molecule has 0 spiro atoms. The quantitative estimate of drug-likeness (QED) is 0.788. The smallest absolute Gasteiger partial charge is 0.0390 e. The van der Waals surface area contributed by atoms with Crippen LogP contribution in [0, 0.1) is 11.3 Å². The zero-order valence-electron chi connectivity index (χ0n) is 12.6. The second-order valence-corrected chi connectivity index (χ2v) is 7.75. The first-order chi connectivity index (χ1) is 9.62. The third kappa shape index (κ3) is 2.40. The zero-order valence-corrected chi connectivity index (χ0v) is 13.4. The first-order valence-corrected chi connectivity index (χ1v) is 8.72. The Morgan fingerprint density at radius 2 is 1.95 bits per heavy atom. The van der Waals surface area contributed by atoms with Crippen LogP contribution >= 0.6 is 11.3 Å². The van der Waals surface area contributed by atoms with Crippen LogP contribution in [-0.2, 0) is 0 Å². The van der Waals surface area contributed by atoms with Gasteiger partial charge in [0.05, 0.1) is 0 Å². The second kappa shape index (κ2) is 5.50. The third-order valence-electron chi connectivity index (χ3n) is 4.92. The molecule has 0 aliphatic heterocycles. The molecule has 1 aliphatic rings. The predicted molar refractivity (Wildman–Crippen MR) is 89.1 cm³/mol. The topological polar surface area (TPSA) is 26.0 Å². The lowest BCUT2D eigenvalue weighted by molar-refractivity contribution is 0.184. The second-order valence-electron chi connectivity index (χ2n) is 6.83. The molecule has 0 amide bonds. The van der Waals surface area contributed by atoms with E-state index in [0.717, 1.165) is 5.92 Å². The van der Waals surface area contributed by atoms with Crippen LogP contribution in [0.3, 0.4) is 0 Å². The van der Waals surface area contributed by atoms with Gasteiger partial charge < -0.3 is 5.73 Å². The van der Waals surface area contributed by atoms with Crippen LogP contribution in [0.25, 0.3) is 10.1 Å². The van der Waals surface area contributed by atoms with E-state index >= 15 is 0 Å². The molecule has 1 aliphatic carbocycles. The first kappa shape index (κ1) is 14.1. The van der Waals surface area contributed by atoms with Crippen LogP contribution in [0.5, 0.6) is 0 Å². The van der Waals surface area contributed by atoms with E-state index in [9.17, 15) is 0 Å². The Balaban J connectivity index is 2.01. The van der Waals surface area contributed by atoms with E-state index in [2.05, 4.69) is 43.5 Å². The van der Waals surface area contributed by atoms with E-state index in [1.165, 1.54) is 47.8 Å². The van der Waals surface area contributed by atoms with Gasteiger partial charge in [-0.1, -0.05) is 44.9 Å². The number of hydrogen-bond acceptors (Lipinski definition) is 2. The van der Waals surface area contributed by atoms with Crippen molar-refractivity contribution in [1.29, 1.82) is 0 Å². The average molecular weight is 287 g/mol. The summed E-state index contributed by atoms with van der Waals surface area (Å²) in [7, 11) is 0. The Morgan fingerprint density at radius 3 is 2.65 bits per heavy atom. The zero-order chi connectivity index (χ0) is 14.2. The molecule has 0 bridgehead atoms. The van der Waals surface area contributed by atoms with Crippen molar-refractivity contribution in [2.45, 2.75) is 52.0 Å². The maximum absolute atomic E-state index is 6.82. The first-order valence-electron chi connectivity index (χ1n) is 7.84. The minimum absolute atomic E-state index is 0.190. The molecule has 108 valence electrons. The number of rotatable bonds is 4. The van der Waals surface area contributed by atoms with Crippen LogP contribution in [0.15, 0.2) is 29.6 Å². The summed E-state index contributed by atoms with van der Waals surface area (Å²) in [5.41, 5.74) is 8.52. The van der Waals surface area contributed by atoms with Crippen molar-refractivity contribution in [3.8, 4) is 0 Å². The summed E-state index contributed by atoms with van der Waals surface area (Å²) in [6, 6.07) is 9.02. The maximum atomic E-state index is 6.82. The van der Waals surface area contributed by atoms with E-state index in [4.69, 9.17) is 5.73 Å². The Labute approximate surface area is 126 Å². The number of benzene rings is 1. The van der Waals surface area contributed by atoms with Crippen molar-refractivity contribution in [3.05, 3.63) is 35.2 Å². The van der Waals surface area contributed by atoms with E-state index in [1.54, 1.807) is 0 Å². The van der Waals surface area contributed by atoms with Crippen molar-refractivity contribution >= 4 is 21.4 Å². The molecule has 2 aromatic rings. The molecule has 0 radical (unpaired) electrons. The average Bonchev–Trinajstić information content (AvgIpc) is 3.05. The van der Waals surface area contributed by atoms with Crippen molar-refractivity contribution in [2.75, 3.05) is 0 Å². The summed E-state index contributed by atoms with van der Waals surface area (Å²) < 4.78 is 1.40. The number of hydrogen-bond donors (Lipinski definition) is 1. The minimum atomic E-state index is 0.190. The van der Waals surface area contributed by atoms with Gasteiger partial charge in [-0.3, -0.25) is 0 Å². The summed E-state index contributed by atoms with van der Waals surface area (Å²) in [6.45, 7) is 4.66. The molecular formula is C18H25NS. The highest BCUT2D eigenvalue weighted by atomic mass is 32.1. The number of fused-ring (bicyclic) bond motifs is 1. The molecule has 1 unspecified atom stereocenters. The van der Waals surface area contributed by atoms with Crippen LogP contribution in [0.2, 0.25) is 0 Å². The SMILES string of the molecule is CC(C)CC1(C(N)c2cccc3ccsc23)CCCC1. The standard InChI is InChI=1S/C18H25NS/c1-13(2)12-18(9-3-4-10-18)17(19)15-7-5-6-14-8-11-20-16(14)15/h5-8,11,13,17H,3-4,9-10,12,19H2,1-2H3. The monoisotopic (exact) mass is 287 g/mol. The van der Waals surface area contributed by atoms with E-state index in [-0.39, 0.29) is 6.04 Å². The molecule has 1 atom stereocenters. The Kier molecular flexibility index (Phi) is 3.87. The lowest BCUT2D eigenvalue weighted by Gasteiger charge is -2.37. The van der Waals surface area contributed by atoms with Gasteiger partial charge in [-0.2, -0.15) is 0 Å². The largest absolute Gasteiger partial charge is 0.323 e. The van der Waals surface area contributed by atoms with Gasteiger partial charge in [0, 0.05) is 10.7 Å². The van der Waals surface area contributed by atoms with E-state index in [0.29, 0.717) is 5.41 Å². The fourth-order valence-electron chi connectivity index (χ4n) is 4.13. The molecule has 0 saturated heterocycles. The molecule has 2 N–H and O–H groups in total. The fourth-order valence-corrected chi connectivity index (χ4v) is 5.08. The molecule has 1 aromatic carbocycles. The molecule has 3 rings (SSSR count). The molecule has 2 heteroatoms. The highest BCUT2D eigenvalue weighted by Crippen LogP contribution is 2.51. The van der Waals surface area contributed by atoms with Gasteiger partial charge in [0.1, 0.15) is 0 Å². The molecular weight excluding hydrogens is 262 g/mol. The summed E-state index contributed by atoms with van der Waals surface area (Å²) >= 11 is 1.84. The van der Waals surface area contributed by atoms with Gasteiger partial charge in [0.25, 0.3) is 0 Å². The molecule has 1 aromatic heterocycles. The fraction of sp³-hybridized carbons (Fsp3) is 0.556. The van der Waals surface area contributed by atoms with Crippen LogP contribution in [0.4, 0.5) is 0 Å². The van der Waals surface area contributed by atoms with Gasteiger partial charge in [-0.25, -0.2) is 0 Å². The van der Waals surface area contributed by atoms with Crippen molar-refractivity contribution in [3.63, 3.8) is 0 Å². The summed E-state index contributed by atoms with van der Waals surface area (Å²) in [4.78, 5) is 0. The van der Waals surface area contributed by atoms with E-state index in [1.807, 2.05) is 11.3 Å². The van der Waals surface area contributed by atoms with Crippen molar-refractivity contribution in [2.24, 2.45) is 17.1 Å². The van der Waals surface area contributed by atoms with Crippen LogP contribution < -0.4 is 5.73 Å². The molecule has 1 fully saturated rings. The highest BCUT2D eigenvalue weighted by Gasteiger charge is 2.41. The van der Waals surface area contributed by atoms with Gasteiger partial charge in [-0.05, 0) is 53.0 Å². The highest BCUT2D eigenvalue weighted by molar-refractivity contribution is 7.17. The predicted octanol–water partition coefficient (Wildman–Crippen LogP) is 5.51. The summed E-state index contributed by atoms with van der Waals surface area (Å²) in [5, 5.41) is 3.53. The minimum Gasteiger partial charge on any atom is -0.323 e. The van der Waals surface area contributed by atoms with E-state index < -0.39 is 0 Å². The normalized spacial score (nSPS) is 19.8. The van der Waals surface area contributed by atoms with Gasteiger partial charge >= 0.3 is 0 Å². The lowest BCUT2D eigenvalue weighted by Crippen LogP contribution is -2.33. The molecule has 20 heavy (non-hydrogen) atoms. The van der Waals surface area contributed by atoms with Gasteiger partial charge in [0.2, 0.25) is 0 Å². The molecule has 1 nitrogen and oxygen atoms in total. The Hall–Kier alpha value is -0.860. The lowest BCUT2D eigenvalue weighted by atomic mass is 9.70. The van der Waals surface area contributed by atoms with Crippen LogP contribution in [-0.4, -0.2) is 0 Å². The molecule has 1 saturated carbocycles. The third-order valence-corrected chi connectivity index (χ3v) is 5.90.